The molecule has 0 aliphatic carbocycles. The summed E-state index contributed by atoms with van der Waals surface area (Å²) in [6.45, 7) is 0. The highest BCUT2D eigenvalue weighted by Crippen LogP contribution is 2.37. The lowest BCUT2D eigenvalue weighted by molar-refractivity contribution is 0.436. The zero-order valence-corrected chi connectivity index (χ0v) is 15.3. The number of sulfonamides is 1. The van der Waals surface area contributed by atoms with Gasteiger partial charge in [-0.25, -0.2) is 13.6 Å². The van der Waals surface area contributed by atoms with Gasteiger partial charge in [0.25, 0.3) is 0 Å². The molecule has 1 aromatic heterocycles. The lowest BCUT2D eigenvalue weighted by Crippen LogP contribution is -2.13. The molecule has 0 aliphatic rings. The summed E-state index contributed by atoms with van der Waals surface area (Å²) in [6.07, 6.45) is 0. The Morgan fingerprint density at radius 2 is 1.96 bits per heavy atom. The Kier molecular flexibility index (Phi) is 4.72. The number of azo groups is 1. The number of nitrogens with two attached hydrogens (primary N) is 1. The van der Waals surface area contributed by atoms with Gasteiger partial charge in [-0.2, -0.15) is 0 Å². The monoisotopic (exact) mass is 389 g/mol. The number of thiocarbonyl (C=S) groups is 1. The van der Waals surface area contributed by atoms with Crippen LogP contribution in [-0.4, -0.2) is 23.2 Å². The zero-order valence-electron chi connectivity index (χ0n) is 13.6. The van der Waals surface area contributed by atoms with E-state index in [-0.39, 0.29) is 15.9 Å². The molecule has 26 heavy (non-hydrogen) atoms. The lowest BCUT2D eigenvalue weighted by Gasteiger charge is -2.05. The molecule has 134 valence electrons. The third kappa shape index (κ3) is 3.57. The molecule has 0 aliphatic heterocycles. The molecular formula is C16H15N5O3S2. The summed E-state index contributed by atoms with van der Waals surface area (Å²) in [7, 11) is -2.10. The molecule has 0 amide bonds. The smallest absolute Gasteiger partial charge is 0.238 e. The SMILES string of the molecule is Cn1c(O)c(N=NC(=S)Nc2cccc(S(N)(=O)=O)c2)c2ccccc21. The number of hydrogen-bond donors (Lipinski definition) is 3. The van der Waals surface area contributed by atoms with Gasteiger partial charge in [0, 0.05) is 18.1 Å². The van der Waals surface area contributed by atoms with Crippen molar-refractivity contribution in [3.8, 4) is 5.88 Å². The molecule has 0 atom stereocenters. The number of aromatic nitrogens is 1. The van der Waals surface area contributed by atoms with Crippen molar-refractivity contribution in [2.45, 2.75) is 4.90 Å². The summed E-state index contributed by atoms with van der Waals surface area (Å²) in [4.78, 5) is -0.0473. The highest BCUT2D eigenvalue weighted by atomic mass is 32.2. The summed E-state index contributed by atoms with van der Waals surface area (Å²) < 4.78 is 24.4. The van der Waals surface area contributed by atoms with Crippen LogP contribution in [0.15, 0.2) is 63.7 Å². The van der Waals surface area contributed by atoms with E-state index in [4.69, 9.17) is 17.4 Å². The molecular weight excluding hydrogens is 374 g/mol. The second-order valence-corrected chi connectivity index (χ2v) is 7.40. The Balaban J connectivity index is 1.84. The molecule has 4 N–H and O–H groups in total. The van der Waals surface area contributed by atoms with E-state index in [0.717, 1.165) is 10.9 Å². The zero-order chi connectivity index (χ0) is 18.9. The van der Waals surface area contributed by atoms with Gasteiger partial charge in [-0.05, 0) is 36.5 Å². The Morgan fingerprint density at radius 3 is 2.69 bits per heavy atom. The number of benzene rings is 2. The van der Waals surface area contributed by atoms with E-state index in [9.17, 15) is 13.5 Å². The molecule has 0 bridgehead atoms. The number of fused-ring (bicyclic) bond motifs is 1. The van der Waals surface area contributed by atoms with Gasteiger partial charge in [-0.3, -0.25) is 0 Å². The molecule has 8 nitrogen and oxygen atoms in total. The van der Waals surface area contributed by atoms with Gasteiger partial charge in [-0.1, -0.05) is 24.3 Å². The minimum atomic E-state index is -3.82. The molecule has 0 saturated carbocycles. The first-order chi connectivity index (χ1) is 12.3. The van der Waals surface area contributed by atoms with Crippen molar-refractivity contribution in [2.75, 3.05) is 5.32 Å². The first-order valence-corrected chi connectivity index (χ1v) is 9.35. The first-order valence-electron chi connectivity index (χ1n) is 7.39. The number of aryl methyl sites for hydroxylation is 1. The van der Waals surface area contributed by atoms with Crippen LogP contribution < -0.4 is 10.5 Å². The van der Waals surface area contributed by atoms with Crippen molar-refractivity contribution in [1.82, 2.24) is 4.57 Å². The summed E-state index contributed by atoms with van der Waals surface area (Å²) in [5, 5.41) is 26.7. The summed E-state index contributed by atoms with van der Waals surface area (Å²) in [6, 6.07) is 13.2. The number of nitrogens with zero attached hydrogens (tertiary/aromatic N) is 3. The Bertz CT molecular complexity index is 1140. The van der Waals surface area contributed by atoms with Crippen LogP contribution in [-0.2, 0) is 17.1 Å². The fourth-order valence-corrected chi connectivity index (χ4v) is 3.17. The molecule has 3 rings (SSSR count). The molecule has 2 aromatic carbocycles. The predicted molar refractivity (Wildman–Crippen MR) is 103 cm³/mol. The van der Waals surface area contributed by atoms with Crippen molar-refractivity contribution in [2.24, 2.45) is 22.4 Å². The van der Waals surface area contributed by atoms with Crippen LogP contribution in [0.4, 0.5) is 11.4 Å². The molecule has 3 aromatic rings. The number of rotatable bonds is 3. The number of aromatic hydroxyl groups is 1. The minimum absolute atomic E-state index is 0.00361. The van der Waals surface area contributed by atoms with Crippen molar-refractivity contribution in [1.29, 1.82) is 0 Å². The molecule has 0 radical (unpaired) electrons. The van der Waals surface area contributed by atoms with Gasteiger partial charge in [0.05, 0.1) is 10.4 Å². The van der Waals surface area contributed by atoms with E-state index in [1.807, 2.05) is 24.3 Å². The maximum absolute atomic E-state index is 11.4. The number of nitrogens with one attached hydrogen (secondary N) is 1. The predicted octanol–water partition coefficient (Wildman–Crippen LogP) is 3.01. The average Bonchev–Trinajstić information content (AvgIpc) is 2.84. The van der Waals surface area contributed by atoms with Crippen LogP contribution in [0.5, 0.6) is 5.88 Å². The summed E-state index contributed by atoms with van der Waals surface area (Å²) >= 11 is 5.10. The van der Waals surface area contributed by atoms with Crippen LogP contribution in [0.1, 0.15) is 0 Å². The van der Waals surface area contributed by atoms with E-state index >= 15 is 0 Å². The maximum atomic E-state index is 11.4. The van der Waals surface area contributed by atoms with E-state index in [0.29, 0.717) is 11.4 Å². The van der Waals surface area contributed by atoms with E-state index < -0.39 is 10.0 Å². The Hall–Kier alpha value is -2.82. The molecule has 0 unspecified atom stereocenters. The molecule has 10 heteroatoms. The fourth-order valence-electron chi connectivity index (χ4n) is 2.45. The quantitative estimate of drug-likeness (QED) is 0.469. The summed E-state index contributed by atoms with van der Waals surface area (Å²) in [5.74, 6) is -0.0334. The van der Waals surface area contributed by atoms with Crippen LogP contribution >= 0.6 is 12.2 Å². The number of para-hydroxylation sites is 1. The second kappa shape index (κ2) is 6.83. The van der Waals surface area contributed by atoms with Crippen molar-refractivity contribution >= 4 is 49.6 Å². The lowest BCUT2D eigenvalue weighted by atomic mass is 10.2. The first kappa shape index (κ1) is 18.0. The van der Waals surface area contributed by atoms with Gasteiger partial charge in [0.2, 0.25) is 21.0 Å². The van der Waals surface area contributed by atoms with Crippen molar-refractivity contribution < 1.29 is 13.5 Å². The summed E-state index contributed by atoms with van der Waals surface area (Å²) in [5.41, 5.74) is 1.51. The van der Waals surface area contributed by atoms with E-state index in [1.165, 1.54) is 18.2 Å². The number of anilines is 1. The van der Waals surface area contributed by atoms with Gasteiger partial charge < -0.3 is 15.0 Å². The van der Waals surface area contributed by atoms with Crippen LogP contribution in [0, 0.1) is 0 Å². The van der Waals surface area contributed by atoms with Gasteiger partial charge in [0.15, 0.2) is 5.69 Å². The largest absolute Gasteiger partial charge is 0.493 e. The highest BCUT2D eigenvalue weighted by Gasteiger charge is 2.14. The number of primary sulfonamides is 1. The maximum Gasteiger partial charge on any atom is 0.238 e. The van der Waals surface area contributed by atoms with Gasteiger partial charge in [0.1, 0.15) is 0 Å². The molecule has 1 heterocycles. The third-order valence-corrected chi connectivity index (χ3v) is 4.80. The number of hydrogen-bond acceptors (Lipinski definition) is 5. The highest BCUT2D eigenvalue weighted by molar-refractivity contribution is 7.89. The normalized spacial score (nSPS) is 11.9. The van der Waals surface area contributed by atoms with Crippen LogP contribution in [0.25, 0.3) is 10.9 Å². The average molecular weight is 389 g/mol. The Labute approximate surface area is 155 Å². The standard InChI is InChI=1S/C16H15N5O3S2/c1-21-13-8-3-2-7-12(13)14(15(21)22)19-20-16(25)18-10-5-4-6-11(9-10)26(17,23)24/h2-9,22H,1H3,(H,18,25)(H2,17,23,24). The second-order valence-electron chi connectivity index (χ2n) is 5.45. The third-order valence-electron chi connectivity index (χ3n) is 3.70. The van der Waals surface area contributed by atoms with E-state index in [1.54, 1.807) is 17.7 Å². The minimum Gasteiger partial charge on any atom is -0.493 e. The van der Waals surface area contributed by atoms with Gasteiger partial charge in [-0.15, -0.1) is 10.2 Å². The van der Waals surface area contributed by atoms with Crippen LogP contribution in [0.3, 0.4) is 0 Å². The van der Waals surface area contributed by atoms with E-state index in [2.05, 4.69) is 15.5 Å². The topological polar surface area (TPSA) is 122 Å². The van der Waals surface area contributed by atoms with Gasteiger partial charge >= 0.3 is 0 Å². The molecule has 0 fully saturated rings. The van der Waals surface area contributed by atoms with Crippen LogP contribution in [0.2, 0.25) is 0 Å². The van der Waals surface area contributed by atoms with Crippen molar-refractivity contribution in [3.05, 3.63) is 48.5 Å². The Morgan fingerprint density at radius 1 is 1.23 bits per heavy atom. The molecule has 0 spiro atoms. The van der Waals surface area contributed by atoms with Crippen molar-refractivity contribution in [3.63, 3.8) is 0 Å². The molecule has 0 saturated heterocycles. The fraction of sp³-hybridized carbons (Fsp3) is 0.0625.